The largest absolute Gasteiger partial charge is 0.446 e. The average Bonchev–Trinajstić information content (AvgIpc) is 3.23. The van der Waals surface area contributed by atoms with E-state index in [0.717, 1.165) is 19.4 Å². The SMILES string of the molecule is CC(CNC(=O)c1coc(C2CCCN2)n1)c1ccccc1. The molecule has 1 aromatic heterocycles. The van der Waals surface area contributed by atoms with Crippen molar-refractivity contribution in [1.82, 2.24) is 15.6 Å². The van der Waals surface area contributed by atoms with Gasteiger partial charge in [0.25, 0.3) is 5.91 Å². The molecule has 1 fully saturated rings. The Labute approximate surface area is 130 Å². The number of amides is 1. The predicted octanol–water partition coefficient (Wildman–Crippen LogP) is 2.63. The number of nitrogens with one attached hydrogen (secondary N) is 2. The standard InChI is InChI=1S/C17H21N3O2/c1-12(13-6-3-2-4-7-13)10-19-16(21)15-11-22-17(20-15)14-8-5-9-18-14/h2-4,6-7,11-12,14,18H,5,8-10H2,1H3,(H,19,21). The second kappa shape index (κ2) is 6.75. The molecule has 0 spiro atoms. The van der Waals surface area contributed by atoms with E-state index in [2.05, 4.69) is 34.7 Å². The summed E-state index contributed by atoms with van der Waals surface area (Å²) in [4.78, 5) is 16.5. The molecule has 2 heterocycles. The van der Waals surface area contributed by atoms with E-state index in [1.165, 1.54) is 11.8 Å². The number of benzene rings is 1. The Morgan fingerprint density at radius 2 is 2.27 bits per heavy atom. The topological polar surface area (TPSA) is 67.2 Å². The Bertz CT molecular complexity index is 618. The second-order valence-corrected chi connectivity index (χ2v) is 5.74. The lowest BCUT2D eigenvalue weighted by Crippen LogP contribution is -2.27. The lowest BCUT2D eigenvalue weighted by atomic mass is 10.0. The lowest BCUT2D eigenvalue weighted by Gasteiger charge is -2.12. The van der Waals surface area contributed by atoms with Crippen LogP contribution in [0.25, 0.3) is 0 Å². The summed E-state index contributed by atoms with van der Waals surface area (Å²) in [6, 6.07) is 10.3. The van der Waals surface area contributed by atoms with E-state index >= 15 is 0 Å². The van der Waals surface area contributed by atoms with Gasteiger partial charge in [-0.2, -0.15) is 0 Å². The van der Waals surface area contributed by atoms with Gasteiger partial charge in [0.05, 0.1) is 6.04 Å². The molecule has 22 heavy (non-hydrogen) atoms. The molecule has 1 saturated heterocycles. The van der Waals surface area contributed by atoms with Gasteiger partial charge in [-0.1, -0.05) is 37.3 Å². The minimum absolute atomic E-state index is 0.143. The van der Waals surface area contributed by atoms with Crippen LogP contribution in [0.4, 0.5) is 0 Å². The molecule has 116 valence electrons. The number of carbonyl (C=O) groups is 1. The van der Waals surface area contributed by atoms with Crippen LogP contribution >= 0.6 is 0 Å². The van der Waals surface area contributed by atoms with Crippen LogP contribution in [0.3, 0.4) is 0 Å². The van der Waals surface area contributed by atoms with Gasteiger partial charge in [-0.05, 0) is 30.9 Å². The first kappa shape index (κ1) is 14.8. The lowest BCUT2D eigenvalue weighted by molar-refractivity contribution is 0.0946. The van der Waals surface area contributed by atoms with E-state index in [-0.39, 0.29) is 17.9 Å². The summed E-state index contributed by atoms with van der Waals surface area (Å²) >= 11 is 0. The third-order valence-electron chi connectivity index (χ3n) is 4.05. The van der Waals surface area contributed by atoms with Gasteiger partial charge in [0.15, 0.2) is 5.69 Å². The molecule has 1 amide bonds. The molecule has 2 atom stereocenters. The van der Waals surface area contributed by atoms with Crippen molar-refractivity contribution in [2.45, 2.75) is 31.7 Å². The highest BCUT2D eigenvalue weighted by Gasteiger charge is 2.22. The van der Waals surface area contributed by atoms with E-state index in [9.17, 15) is 4.79 Å². The Balaban J connectivity index is 1.55. The van der Waals surface area contributed by atoms with Crippen molar-refractivity contribution in [1.29, 1.82) is 0 Å². The number of carbonyl (C=O) groups excluding carboxylic acids is 1. The first-order chi connectivity index (χ1) is 10.7. The van der Waals surface area contributed by atoms with Crippen LogP contribution in [-0.4, -0.2) is 24.0 Å². The summed E-state index contributed by atoms with van der Waals surface area (Å²) < 4.78 is 5.43. The van der Waals surface area contributed by atoms with Crippen molar-refractivity contribution in [3.05, 3.63) is 53.7 Å². The summed E-state index contributed by atoms with van der Waals surface area (Å²) in [6.07, 6.45) is 3.56. The highest BCUT2D eigenvalue weighted by atomic mass is 16.3. The number of hydrogen-bond acceptors (Lipinski definition) is 4. The molecule has 0 aliphatic carbocycles. The van der Waals surface area contributed by atoms with Crippen molar-refractivity contribution in [2.24, 2.45) is 0 Å². The molecule has 2 N–H and O–H groups in total. The molecule has 5 nitrogen and oxygen atoms in total. The smallest absolute Gasteiger partial charge is 0.273 e. The first-order valence-corrected chi connectivity index (χ1v) is 7.76. The molecule has 1 aliphatic rings. The summed E-state index contributed by atoms with van der Waals surface area (Å²) in [6.45, 7) is 3.64. The molecule has 5 heteroatoms. The molecule has 2 unspecified atom stereocenters. The fraction of sp³-hybridized carbons (Fsp3) is 0.412. The summed E-state index contributed by atoms with van der Waals surface area (Å²) in [5, 5.41) is 6.23. The average molecular weight is 299 g/mol. The molecule has 3 rings (SSSR count). The molecular weight excluding hydrogens is 278 g/mol. The molecule has 1 aliphatic heterocycles. The van der Waals surface area contributed by atoms with Crippen molar-refractivity contribution >= 4 is 5.91 Å². The van der Waals surface area contributed by atoms with E-state index in [1.54, 1.807) is 0 Å². The maximum absolute atomic E-state index is 12.2. The van der Waals surface area contributed by atoms with Gasteiger partial charge in [-0.25, -0.2) is 4.98 Å². The second-order valence-electron chi connectivity index (χ2n) is 5.74. The minimum atomic E-state index is -0.184. The van der Waals surface area contributed by atoms with E-state index in [0.29, 0.717) is 18.1 Å². The minimum Gasteiger partial charge on any atom is -0.446 e. The third-order valence-corrected chi connectivity index (χ3v) is 4.05. The summed E-state index contributed by atoms with van der Waals surface area (Å²) in [7, 11) is 0. The zero-order chi connectivity index (χ0) is 15.4. The molecule has 0 radical (unpaired) electrons. The van der Waals surface area contributed by atoms with Crippen LogP contribution in [0.5, 0.6) is 0 Å². The highest BCUT2D eigenvalue weighted by Crippen LogP contribution is 2.22. The van der Waals surface area contributed by atoms with Gasteiger partial charge in [-0.15, -0.1) is 0 Å². The molecule has 0 bridgehead atoms. The van der Waals surface area contributed by atoms with Crippen LogP contribution in [-0.2, 0) is 0 Å². The Kier molecular flexibility index (Phi) is 4.53. The highest BCUT2D eigenvalue weighted by molar-refractivity contribution is 5.91. The molecule has 1 aromatic carbocycles. The number of hydrogen-bond donors (Lipinski definition) is 2. The van der Waals surface area contributed by atoms with Crippen LogP contribution in [0.15, 0.2) is 41.0 Å². The van der Waals surface area contributed by atoms with Crippen molar-refractivity contribution < 1.29 is 9.21 Å². The molecule has 2 aromatic rings. The van der Waals surface area contributed by atoms with E-state index in [4.69, 9.17) is 4.42 Å². The van der Waals surface area contributed by atoms with Gasteiger partial charge < -0.3 is 15.1 Å². The molecule has 0 saturated carbocycles. The van der Waals surface area contributed by atoms with Crippen LogP contribution in [0.2, 0.25) is 0 Å². The fourth-order valence-electron chi connectivity index (χ4n) is 2.68. The number of rotatable bonds is 5. The van der Waals surface area contributed by atoms with E-state index in [1.807, 2.05) is 18.2 Å². The van der Waals surface area contributed by atoms with Crippen molar-refractivity contribution in [2.75, 3.05) is 13.1 Å². The van der Waals surface area contributed by atoms with Crippen LogP contribution in [0, 0.1) is 0 Å². The number of nitrogens with zero attached hydrogens (tertiary/aromatic N) is 1. The maximum Gasteiger partial charge on any atom is 0.273 e. The quantitative estimate of drug-likeness (QED) is 0.890. The normalized spacial score (nSPS) is 19.0. The zero-order valence-electron chi connectivity index (χ0n) is 12.7. The first-order valence-electron chi connectivity index (χ1n) is 7.76. The number of aromatic nitrogens is 1. The number of oxazole rings is 1. The zero-order valence-corrected chi connectivity index (χ0v) is 12.7. The van der Waals surface area contributed by atoms with Crippen LogP contribution in [0.1, 0.15) is 53.7 Å². The van der Waals surface area contributed by atoms with Gasteiger partial charge >= 0.3 is 0 Å². The van der Waals surface area contributed by atoms with Gasteiger partial charge in [-0.3, -0.25) is 4.79 Å². The summed E-state index contributed by atoms with van der Waals surface area (Å²) in [5.41, 5.74) is 1.56. The van der Waals surface area contributed by atoms with Gasteiger partial charge in [0.1, 0.15) is 6.26 Å². The van der Waals surface area contributed by atoms with Crippen molar-refractivity contribution in [3.63, 3.8) is 0 Å². The Hall–Kier alpha value is -2.14. The van der Waals surface area contributed by atoms with E-state index < -0.39 is 0 Å². The van der Waals surface area contributed by atoms with Gasteiger partial charge in [0.2, 0.25) is 5.89 Å². The van der Waals surface area contributed by atoms with Crippen LogP contribution < -0.4 is 10.6 Å². The fourth-order valence-corrected chi connectivity index (χ4v) is 2.68. The Morgan fingerprint density at radius 3 is 3.00 bits per heavy atom. The Morgan fingerprint density at radius 1 is 1.45 bits per heavy atom. The van der Waals surface area contributed by atoms with Crippen molar-refractivity contribution in [3.8, 4) is 0 Å². The van der Waals surface area contributed by atoms with Gasteiger partial charge in [0, 0.05) is 6.54 Å². The predicted molar refractivity (Wildman–Crippen MR) is 83.7 cm³/mol. The maximum atomic E-state index is 12.2. The monoisotopic (exact) mass is 299 g/mol. The summed E-state index contributed by atoms with van der Waals surface area (Å²) in [5.74, 6) is 0.683. The third kappa shape index (κ3) is 3.36. The molecular formula is C17H21N3O2.